The molecule has 0 aromatic carbocycles. The highest BCUT2D eigenvalue weighted by Crippen LogP contribution is 2.04. The first kappa shape index (κ1) is 10.3. The Morgan fingerprint density at radius 3 is 2.92 bits per heavy atom. The molecule has 0 aliphatic heterocycles. The molecule has 13 heavy (non-hydrogen) atoms. The molecule has 0 N–H and O–H groups in total. The molecule has 1 aromatic rings. The summed E-state index contributed by atoms with van der Waals surface area (Å²) in [5.41, 5.74) is 0.810. The number of aryl methyl sites for hydroxylation is 1. The Morgan fingerprint density at radius 1 is 1.62 bits per heavy atom. The van der Waals surface area contributed by atoms with Gasteiger partial charge in [-0.1, -0.05) is 11.6 Å². The predicted molar refractivity (Wildman–Crippen MR) is 52.3 cm³/mol. The molecule has 0 amide bonds. The van der Waals surface area contributed by atoms with Crippen LogP contribution in [0.1, 0.15) is 5.56 Å². The summed E-state index contributed by atoms with van der Waals surface area (Å²) in [6, 6.07) is 1.66. The summed E-state index contributed by atoms with van der Waals surface area (Å²) in [5.74, 6) is 0. The van der Waals surface area contributed by atoms with Gasteiger partial charge in [0, 0.05) is 19.9 Å². The number of pyridine rings is 1. The minimum absolute atomic E-state index is 0.163. The van der Waals surface area contributed by atoms with Crippen LogP contribution in [0.15, 0.2) is 17.1 Å². The predicted octanol–water partition coefficient (Wildman–Crippen LogP) is 1.46. The van der Waals surface area contributed by atoms with Crippen molar-refractivity contribution in [3.8, 4) is 0 Å². The molecule has 0 atom stereocenters. The van der Waals surface area contributed by atoms with Crippen molar-refractivity contribution in [3.05, 3.63) is 33.2 Å². The summed E-state index contributed by atoms with van der Waals surface area (Å²) in [7, 11) is 1.60. The number of nitrogens with zero attached hydrogens (tertiary/aromatic N) is 1. The van der Waals surface area contributed by atoms with Gasteiger partial charge in [-0.3, -0.25) is 4.79 Å². The molecule has 0 bridgehead atoms. The zero-order chi connectivity index (χ0) is 9.84. The van der Waals surface area contributed by atoms with E-state index in [0.717, 1.165) is 5.56 Å². The van der Waals surface area contributed by atoms with Crippen molar-refractivity contribution in [1.29, 1.82) is 0 Å². The second kappa shape index (κ2) is 4.44. The largest absolute Gasteiger partial charge is 0.383 e. The van der Waals surface area contributed by atoms with Crippen LogP contribution in [0.5, 0.6) is 0 Å². The van der Waals surface area contributed by atoms with Crippen molar-refractivity contribution in [2.75, 3.05) is 13.7 Å². The molecular weight excluding hydrogens is 190 g/mol. The van der Waals surface area contributed by atoms with Gasteiger partial charge in [0.05, 0.1) is 6.61 Å². The lowest BCUT2D eigenvalue weighted by Crippen LogP contribution is -2.22. The Balaban J connectivity index is 2.99. The van der Waals surface area contributed by atoms with Crippen LogP contribution in [0, 0.1) is 6.92 Å². The Labute approximate surface area is 81.9 Å². The first-order valence-electron chi connectivity index (χ1n) is 4.00. The van der Waals surface area contributed by atoms with E-state index in [1.165, 1.54) is 0 Å². The SMILES string of the molecule is COCCn1cc(C)cc(Cl)c1=O. The number of rotatable bonds is 3. The summed E-state index contributed by atoms with van der Waals surface area (Å²) < 4.78 is 6.43. The maximum Gasteiger partial charge on any atom is 0.269 e. The third-order valence-corrected chi connectivity index (χ3v) is 1.99. The molecule has 1 heterocycles. The molecule has 1 aromatic heterocycles. The fourth-order valence-electron chi connectivity index (χ4n) is 1.10. The highest BCUT2D eigenvalue weighted by Gasteiger charge is 2.01. The summed E-state index contributed by atoms with van der Waals surface area (Å²) in [5, 5.41) is 0.260. The van der Waals surface area contributed by atoms with E-state index in [-0.39, 0.29) is 10.6 Å². The van der Waals surface area contributed by atoms with E-state index in [4.69, 9.17) is 16.3 Å². The third-order valence-electron chi connectivity index (χ3n) is 1.72. The first-order valence-corrected chi connectivity index (χ1v) is 4.38. The Kier molecular flexibility index (Phi) is 3.51. The number of aromatic nitrogens is 1. The van der Waals surface area contributed by atoms with E-state index >= 15 is 0 Å². The van der Waals surface area contributed by atoms with Gasteiger partial charge in [0.15, 0.2) is 0 Å². The number of methoxy groups -OCH3 is 1. The molecule has 4 heteroatoms. The normalized spacial score (nSPS) is 10.4. The molecule has 1 rings (SSSR count). The number of hydrogen-bond donors (Lipinski definition) is 0. The number of ether oxygens (including phenoxy) is 1. The highest BCUT2D eigenvalue weighted by molar-refractivity contribution is 6.30. The molecular formula is C9H12ClNO2. The molecule has 0 aliphatic rings. The van der Waals surface area contributed by atoms with Gasteiger partial charge < -0.3 is 9.30 Å². The second-order valence-electron chi connectivity index (χ2n) is 2.86. The summed E-state index contributed by atoms with van der Waals surface area (Å²) in [4.78, 5) is 11.4. The number of hydrogen-bond acceptors (Lipinski definition) is 2. The van der Waals surface area contributed by atoms with Gasteiger partial charge in [-0.15, -0.1) is 0 Å². The van der Waals surface area contributed by atoms with Gasteiger partial charge in [-0.25, -0.2) is 0 Å². The van der Waals surface area contributed by atoms with Crippen LogP contribution in [0.3, 0.4) is 0 Å². The number of halogens is 1. The van der Waals surface area contributed by atoms with Crippen LogP contribution in [0.4, 0.5) is 0 Å². The molecule has 0 saturated carbocycles. The summed E-state index contributed by atoms with van der Waals surface area (Å²) >= 11 is 5.72. The molecule has 0 radical (unpaired) electrons. The molecule has 72 valence electrons. The fourth-order valence-corrected chi connectivity index (χ4v) is 1.38. The quantitative estimate of drug-likeness (QED) is 0.742. The molecule has 0 saturated heterocycles. The molecule has 0 unspecified atom stereocenters. The monoisotopic (exact) mass is 201 g/mol. The smallest absolute Gasteiger partial charge is 0.269 e. The lowest BCUT2D eigenvalue weighted by molar-refractivity contribution is 0.186. The zero-order valence-electron chi connectivity index (χ0n) is 7.71. The van der Waals surface area contributed by atoms with Gasteiger partial charge in [0.2, 0.25) is 0 Å². The molecule has 3 nitrogen and oxygen atoms in total. The third kappa shape index (κ3) is 2.57. The highest BCUT2D eigenvalue weighted by atomic mass is 35.5. The average molecular weight is 202 g/mol. The molecule has 0 aliphatic carbocycles. The van der Waals surface area contributed by atoms with Crippen molar-refractivity contribution < 1.29 is 4.74 Å². The topological polar surface area (TPSA) is 31.2 Å². The van der Waals surface area contributed by atoms with E-state index in [1.54, 1.807) is 23.9 Å². The van der Waals surface area contributed by atoms with Crippen molar-refractivity contribution in [2.24, 2.45) is 0 Å². The maximum atomic E-state index is 11.4. The van der Waals surface area contributed by atoms with E-state index in [0.29, 0.717) is 13.2 Å². The minimum Gasteiger partial charge on any atom is -0.383 e. The second-order valence-corrected chi connectivity index (χ2v) is 3.26. The van der Waals surface area contributed by atoms with Crippen molar-refractivity contribution in [1.82, 2.24) is 4.57 Å². The van der Waals surface area contributed by atoms with Crippen LogP contribution >= 0.6 is 11.6 Å². The van der Waals surface area contributed by atoms with Gasteiger partial charge in [-0.05, 0) is 18.6 Å². The van der Waals surface area contributed by atoms with E-state index in [9.17, 15) is 4.79 Å². The molecule has 0 spiro atoms. The van der Waals surface area contributed by atoms with Gasteiger partial charge >= 0.3 is 0 Å². The van der Waals surface area contributed by atoms with Crippen LogP contribution in [0.25, 0.3) is 0 Å². The van der Waals surface area contributed by atoms with Crippen LogP contribution in [0.2, 0.25) is 5.02 Å². The average Bonchev–Trinajstić information content (AvgIpc) is 2.09. The van der Waals surface area contributed by atoms with Crippen molar-refractivity contribution in [3.63, 3.8) is 0 Å². The van der Waals surface area contributed by atoms with Crippen LogP contribution < -0.4 is 5.56 Å². The van der Waals surface area contributed by atoms with Crippen molar-refractivity contribution >= 4 is 11.6 Å². The Bertz CT molecular complexity index is 346. The fraction of sp³-hybridized carbons (Fsp3) is 0.444. The lowest BCUT2D eigenvalue weighted by Gasteiger charge is -2.06. The lowest BCUT2D eigenvalue weighted by atomic mass is 10.3. The Morgan fingerprint density at radius 2 is 2.31 bits per heavy atom. The van der Waals surface area contributed by atoms with Gasteiger partial charge in [0.25, 0.3) is 5.56 Å². The van der Waals surface area contributed by atoms with Crippen molar-refractivity contribution in [2.45, 2.75) is 13.5 Å². The summed E-state index contributed by atoms with van der Waals surface area (Å²) in [6.45, 7) is 2.95. The van der Waals surface area contributed by atoms with Gasteiger partial charge in [0.1, 0.15) is 5.02 Å². The maximum absolute atomic E-state index is 11.4. The first-order chi connectivity index (χ1) is 6.15. The van der Waals surface area contributed by atoms with Crippen LogP contribution in [-0.2, 0) is 11.3 Å². The Hall–Kier alpha value is -0.800. The van der Waals surface area contributed by atoms with E-state index < -0.39 is 0 Å². The standard InChI is InChI=1S/C9H12ClNO2/c1-7-5-8(10)9(12)11(6-7)3-4-13-2/h5-6H,3-4H2,1-2H3. The van der Waals surface area contributed by atoms with E-state index in [2.05, 4.69) is 0 Å². The zero-order valence-corrected chi connectivity index (χ0v) is 8.47. The van der Waals surface area contributed by atoms with Crippen LogP contribution in [-0.4, -0.2) is 18.3 Å². The molecule has 0 fully saturated rings. The van der Waals surface area contributed by atoms with Gasteiger partial charge in [-0.2, -0.15) is 0 Å². The summed E-state index contributed by atoms with van der Waals surface area (Å²) in [6.07, 6.45) is 1.77. The minimum atomic E-state index is -0.163. The van der Waals surface area contributed by atoms with E-state index in [1.807, 2.05) is 6.92 Å².